The SMILES string of the molecule is CNC(c1ccccc1OC(F)(F)F)C(C)(C)C. The minimum atomic E-state index is -4.67. The number of rotatable bonds is 3. The lowest BCUT2D eigenvalue weighted by Crippen LogP contribution is -2.30. The number of ether oxygens (including phenoxy) is 1. The van der Waals surface area contributed by atoms with Gasteiger partial charge in [-0.15, -0.1) is 13.2 Å². The molecule has 1 unspecified atom stereocenters. The topological polar surface area (TPSA) is 21.3 Å². The van der Waals surface area contributed by atoms with Gasteiger partial charge in [0.15, 0.2) is 0 Å². The van der Waals surface area contributed by atoms with Gasteiger partial charge in [0.1, 0.15) is 5.75 Å². The summed E-state index contributed by atoms with van der Waals surface area (Å²) in [5.41, 5.74) is 0.282. The van der Waals surface area contributed by atoms with E-state index in [0.29, 0.717) is 5.56 Å². The summed E-state index contributed by atoms with van der Waals surface area (Å²) in [5.74, 6) is -0.153. The zero-order chi connectivity index (χ0) is 14.0. The summed E-state index contributed by atoms with van der Waals surface area (Å²) in [6.45, 7) is 5.87. The van der Waals surface area contributed by atoms with Gasteiger partial charge in [0.2, 0.25) is 0 Å². The van der Waals surface area contributed by atoms with Crippen LogP contribution in [0.5, 0.6) is 5.75 Å². The Morgan fingerprint density at radius 3 is 2.11 bits per heavy atom. The zero-order valence-corrected chi connectivity index (χ0v) is 10.9. The Labute approximate surface area is 105 Å². The first-order valence-corrected chi connectivity index (χ1v) is 5.67. The highest BCUT2D eigenvalue weighted by Gasteiger charge is 2.34. The molecule has 1 atom stereocenters. The number of nitrogens with one attached hydrogen (secondary N) is 1. The smallest absolute Gasteiger partial charge is 0.405 e. The molecule has 0 aromatic heterocycles. The number of benzene rings is 1. The molecule has 0 aliphatic heterocycles. The van der Waals surface area contributed by atoms with Crippen LogP contribution in [0.25, 0.3) is 0 Å². The Hall–Kier alpha value is -1.23. The predicted octanol–water partition coefficient (Wildman–Crippen LogP) is 3.89. The lowest BCUT2D eigenvalue weighted by atomic mass is 9.82. The summed E-state index contributed by atoms with van der Waals surface area (Å²) >= 11 is 0. The van der Waals surface area contributed by atoms with Crippen molar-refractivity contribution in [2.75, 3.05) is 7.05 Å². The second-order valence-electron chi connectivity index (χ2n) is 5.17. The van der Waals surface area contributed by atoms with Gasteiger partial charge in [0, 0.05) is 11.6 Å². The van der Waals surface area contributed by atoms with Gasteiger partial charge in [-0.3, -0.25) is 0 Å². The van der Waals surface area contributed by atoms with Crippen molar-refractivity contribution in [3.63, 3.8) is 0 Å². The molecule has 2 nitrogen and oxygen atoms in total. The number of hydrogen-bond donors (Lipinski definition) is 1. The molecule has 0 aliphatic rings. The molecule has 0 heterocycles. The van der Waals surface area contributed by atoms with Crippen LogP contribution in [0.15, 0.2) is 24.3 Å². The highest BCUT2D eigenvalue weighted by molar-refractivity contribution is 5.37. The van der Waals surface area contributed by atoms with Crippen molar-refractivity contribution in [3.05, 3.63) is 29.8 Å². The third kappa shape index (κ3) is 3.91. The largest absolute Gasteiger partial charge is 0.573 e. The van der Waals surface area contributed by atoms with E-state index in [0.717, 1.165) is 0 Å². The van der Waals surface area contributed by atoms with Gasteiger partial charge in [-0.2, -0.15) is 0 Å². The van der Waals surface area contributed by atoms with E-state index in [1.807, 2.05) is 20.8 Å². The van der Waals surface area contributed by atoms with Crippen molar-refractivity contribution in [3.8, 4) is 5.75 Å². The first kappa shape index (κ1) is 14.8. The normalized spacial score (nSPS) is 14.4. The summed E-state index contributed by atoms with van der Waals surface area (Å²) in [4.78, 5) is 0. The van der Waals surface area contributed by atoms with Crippen LogP contribution < -0.4 is 10.1 Å². The number of hydrogen-bond acceptors (Lipinski definition) is 2. The van der Waals surface area contributed by atoms with E-state index in [1.165, 1.54) is 12.1 Å². The van der Waals surface area contributed by atoms with Crippen LogP contribution >= 0.6 is 0 Å². The average Bonchev–Trinajstić information content (AvgIpc) is 2.17. The Morgan fingerprint density at radius 1 is 1.11 bits per heavy atom. The van der Waals surface area contributed by atoms with E-state index in [1.54, 1.807) is 19.2 Å². The van der Waals surface area contributed by atoms with Crippen LogP contribution in [-0.2, 0) is 0 Å². The van der Waals surface area contributed by atoms with E-state index in [-0.39, 0.29) is 17.2 Å². The Balaban J connectivity index is 3.15. The molecule has 0 radical (unpaired) electrons. The first-order valence-electron chi connectivity index (χ1n) is 5.67. The Kier molecular flexibility index (Phi) is 4.27. The maximum atomic E-state index is 12.3. The molecule has 102 valence electrons. The van der Waals surface area contributed by atoms with Crippen LogP contribution in [-0.4, -0.2) is 13.4 Å². The molecular formula is C13H18F3NO. The second-order valence-corrected chi connectivity index (χ2v) is 5.17. The van der Waals surface area contributed by atoms with Gasteiger partial charge in [-0.05, 0) is 18.5 Å². The van der Waals surface area contributed by atoms with Crippen molar-refractivity contribution in [1.29, 1.82) is 0 Å². The molecule has 1 aromatic rings. The number of para-hydroxylation sites is 1. The highest BCUT2D eigenvalue weighted by atomic mass is 19.4. The molecule has 1 aromatic carbocycles. The van der Waals surface area contributed by atoms with Crippen LogP contribution in [0.2, 0.25) is 0 Å². The van der Waals surface area contributed by atoms with E-state index < -0.39 is 6.36 Å². The lowest BCUT2D eigenvalue weighted by molar-refractivity contribution is -0.275. The fourth-order valence-corrected chi connectivity index (χ4v) is 1.99. The Bertz CT molecular complexity index is 396. The molecule has 0 amide bonds. The number of alkyl halides is 3. The molecule has 0 spiro atoms. The standard InChI is InChI=1S/C13H18F3NO/c1-12(2,3)11(17-4)9-7-5-6-8-10(9)18-13(14,15)16/h5-8,11,17H,1-4H3. The quantitative estimate of drug-likeness (QED) is 0.891. The van der Waals surface area contributed by atoms with Crippen LogP contribution in [0, 0.1) is 5.41 Å². The molecule has 0 aliphatic carbocycles. The van der Waals surface area contributed by atoms with Gasteiger partial charge in [-0.25, -0.2) is 0 Å². The van der Waals surface area contributed by atoms with E-state index >= 15 is 0 Å². The fourth-order valence-electron chi connectivity index (χ4n) is 1.99. The molecule has 18 heavy (non-hydrogen) atoms. The van der Waals surface area contributed by atoms with Gasteiger partial charge >= 0.3 is 6.36 Å². The average molecular weight is 261 g/mol. The lowest BCUT2D eigenvalue weighted by Gasteiger charge is -2.32. The second kappa shape index (κ2) is 5.18. The molecular weight excluding hydrogens is 243 g/mol. The van der Waals surface area contributed by atoms with Gasteiger partial charge < -0.3 is 10.1 Å². The molecule has 5 heteroatoms. The molecule has 0 saturated carbocycles. The summed E-state index contributed by atoms with van der Waals surface area (Å²) in [6, 6.07) is 5.98. The summed E-state index contributed by atoms with van der Waals surface area (Å²) < 4.78 is 41.1. The molecule has 0 bridgehead atoms. The third-order valence-corrected chi connectivity index (χ3v) is 2.61. The summed E-state index contributed by atoms with van der Waals surface area (Å²) in [6.07, 6.45) is -4.67. The molecule has 0 fully saturated rings. The van der Waals surface area contributed by atoms with Crippen molar-refractivity contribution in [2.45, 2.75) is 33.2 Å². The monoisotopic (exact) mass is 261 g/mol. The van der Waals surface area contributed by atoms with E-state index in [9.17, 15) is 13.2 Å². The molecule has 0 saturated heterocycles. The van der Waals surface area contributed by atoms with E-state index in [4.69, 9.17) is 0 Å². The fraction of sp³-hybridized carbons (Fsp3) is 0.538. The molecule has 1 N–H and O–H groups in total. The molecule has 1 rings (SSSR count). The van der Waals surface area contributed by atoms with Crippen molar-refractivity contribution in [1.82, 2.24) is 5.32 Å². The van der Waals surface area contributed by atoms with Gasteiger partial charge in [0.05, 0.1) is 0 Å². The van der Waals surface area contributed by atoms with Gasteiger partial charge in [-0.1, -0.05) is 39.0 Å². The minimum absolute atomic E-state index is 0.153. The van der Waals surface area contributed by atoms with Crippen molar-refractivity contribution in [2.24, 2.45) is 5.41 Å². The Morgan fingerprint density at radius 2 is 1.67 bits per heavy atom. The summed E-state index contributed by atoms with van der Waals surface area (Å²) in [7, 11) is 1.72. The maximum absolute atomic E-state index is 12.3. The minimum Gasteiger partial charge on any atom is -0.405 e. The first-order chi connectivity index (χ1) is 8.15. The van der Waals surface area contributed by atoms with Gasteiger partial charge in [0.25, 0.3) is 0 Å². The highest BCUT2D eigenvalue weighted by Crippen LogP contribution is 2.38. The summed E-state index contributed by atoms with van der Waals surface area (Å²) in [5, 5.41) is 3.04. The number of halogens is 3. The predicted molar refractivity (Wildman–Crippen MR) is 64.4 cm³/mol. The van der Waals surface area contributed by atoms with Crippen LogP contribution in [0.3, 0.4) is 0 Å². The van der Waals surface area contributed by atoms with Crippen LogP contribution in [0.4, 0.5) is 13.2 Å². The van der Waals surface area contributed by atoms with Crippen molar-refractivity contribution >= 4 is 0 Å². The maximum Gasteiger partial charge on any atom is 0.573 e. The van der Waals surface area contributed by atoms with Crippen molar-refractivity contribution < 1.29 is 17.9 Å². The van der Waals surface area contributed by atoms with E-state index in [2.05, 4.69) is 10.1 Å². The zero-order valence-electron chi connectivity index (χ0n) is 10.9. The third-order valence-electron chi connectivity index (χ3n) is 2.61. The van der Waals surface area contributed by atoms with Crippen LogP contribution in [0.1, 0.15) is 32.4 Å².